The fourth-order valence-electron chi connectivity index (χ4n) is 2.59. The van der Waals surface area contributed by atoms with Crippen LogP contribution in [-0.4, -0.2) is 17.8 Å². The van der Waals surface area contributed by atoms with Crippen LogP contribution < -0.4 is 5.73 Å². The number of benzene rings is 2. The van der Waals surface area contributed by atoms with E-state index in [0.717, 1.165) is 24.8 Å². The van der Waals surface area contributed by atoms with Gasteiger partial charge in [0.15, 0.2) is 0 Å². The summed E-state index contributed by atoms with van der Waals surface area (Å²) in [4.78, 5) is 0. The number of hydrogen-bond acceptors (Lipinski definition) is 2. The summed E-state index contributed by atoms with van der Waals surface area (Å²) in [5, 5.41) is 11.1. The fourth-order valence-corrected chi connectivity index (χ4v) is 2.71. The minimum absolute atomic E-state index is 0.0296. The van der Waals surface area contributed by atoms with Gasteiger partial charge in [0.1, 0.15) is 0 Å². The lowest BCUT2D eigenvalue weighted by Crippen LogP contribution is -2.26. The van der Waals surface area contributed by atoms with Gasteiger partial charge in [-0.15, -0.1) is 0 Å². The molecule has 2 aromatic rings. The van der Waals surface area contributed by atoms with Crippen LogP contribution in [0.4, 0.5) is 0 Å². The number of hydrogen-bond donors (Lipinski definition) is 2. The molecule has 3 heteroatoms. The molecule has 0 saturated carbocycles. The maximum Gasteiger partial charge on any atom is 0.0621 e. The van der Waals surface area contributed by atoms with E-state index in [0.29, 0.717) is 11.6 Å². The van der Waals surface area contributed by atoms with Gasteiger partial charge in [-0.1, -0.05) is 54.1 Å². The van der Waals surface area contributed by atoms with Gasteiger partial charge in [-0.25, -0.2) is 0 Å². The van der Waals surface area contributed by atoms with Crippen molar-refractivity contribution in [2.75, 3.05) is 6.54 Å². The first-order valence-corrected chi connectivity index (χ1v) is 7.76. The van der Waals surface area contributed by atoms with E-state index in [1.165, 1.54) is 5.56 Å². The van der Waals surface area contributed by atoms with E-state index < -0.39 is 6.10 Å². The third-order valence-corrected chi connectivity index (χ3v) is 4.08. The summed E-state index contributed by atoms with van der Waals surface area (Å²) in [6.07, 6.45) is 2.27. The van der Waals surface area contributed by atoms with E-state index >= 15 is 0 Å². The Morgan fingerprint density at radius 1 is 1.00 bits per heavy atom. The third-order valence-electron chi connectivity index (χ3n) is 3.82. The smallest absolute Gasteiger partial charge is 0.0621 e. The Balaban J connectivity index is 1.88. The predicted molar refractivity (Wildman–Crippen MR) is 88.6 cm³/mol. The van der Waals surface area contributed by atoms with Crippen LogP contribution in [0.25, 0.3) is 0 Å². The van der Waals surface area contributed by atoms with E-state index in [9.17, 15) is 5.11 Å². The summed E-state index contributed by atoms with van der Waals surface area (Å²) < 4.78 is 0. The van der Waals surface area contributed by atoms with Gasteiger partial charge in [0.25, 0.3) is 0 Å². The molecule has 0 heterocycles. The molecule has 0 amide bonds. The molecule has 0 radical (unpaired) electrons. The van der Waals surface area contributed by atoms with Gasteiger partial charge in [0, 0.05) is 17.5 Å². The molecule has 2 unspecified atom stereocenters. The van der Waals surface area contributed by atoms with Crippen molar-refractivity contribution in [1.29, 1.82) is 0 Å². The van der Waals surface area contributed by atoms with Gasteiger partial charge in [-0.05, 0) is 42.5 Å². The molecule has 0 spiro atoms. The predicted octanol–water partition coefficient (Wildman–Crippen LogP) is 3.77. The van der Waals surface area contributed by atoms with Crippen LogP contribution in [-0.2, 0) is 6.42 Å². The van der Waals surface area contributed by atoms with E-state index in [-0.39, 0.29) is 5.92 Å². The Kier molecular flexibility index (Phi) is 6.24. The highest BCUT2D eigenvalue weighted by Crippen LogP contribution is 2.23. The molecular formula is C18H22ClNO. The van der Waals surface area contributed by atoms with Crippen molar-refractivity contribution in [1.82, 2.24) is 0 Å². The molecule has 21 heavy (non-hydrogen) atoms. The van der Waals surface area contributed by atoms with Crippen LogP contribution in [0.2, 0.25) is 5.02 Å². The Labute approximate surface area is 131 Å². The maximum atomic E-state index is 10.4. The molecule has 2 nitrogen and oxygen atoms in total. The SMILES string of the molecule is NCC(c1ccc(Cl)cc1)C(O)CCCc1ccccc1. The monoisotopic (exact) mass is 303 g/mol. The lowest BCUT2D eigenvalue weighted by Gasteiger charge is -2.22. The van der Waals surface area contributed by atoms with Crippen LogP contribution in [0, 0.1) is 0 Å². The summed E-state index contributed by atoms with van der Waals surface area (Å²) >= 11 is 5.90. The number of halogens is 1. The first-order chi connectivity index (χ1) is 10.2. The van der Waals surface area contributed by atoms with Crippen LogP contribution in [0.5, 0.6) is 0 Å². The molecule has 0 aliphatic rings. The van der Waals surface area contributed by atoms with Crippen LogP contribution in [0.1, 0.15) is 29.9 Å². The number of aliphatic hydroxyl groups excluding tert-OH is 1. The molecule has 0 aliphatic heterocycles. The molecule has 0 aromatic heterocycles. The Bertz CT molecular complexity index is 527. The van der Waals surface area contributed by atoms with Crippen molar-refractivity contribution >= 4 is 11.6 Å². The lowest BCUT2D eigenvalue weighted by molar-refractivity contribution is 0.133. The summed E-state index contributed by atoms with van der Waals surface area (Å²) in [7, 11) is 0. The zero-order valence-corrected chi connectivity index (χ0v) is 12.8. The highest BCUT2D eigenvalue weighted by atomic mass is 35.5. The van der Waals surface area contributed by atoms with E-state index in [4.69, 9.17) is 17.3 Å². The number of rotatable bonds is 7. The zero-order chi connectivity index (χ0) is 15.1. The quantitative estimate of drug-likeness (QED) is 0.818. The van der Waals surface area contributed by atoms with E-state index in [1.807, 2.05) is 42.5 Å². The Morgan fingerprint density at radius 2 is 1.67 bits per heavy atom. The normalized spacial score (nSPS) is 13.9. The largest absolute Gasteiger partial charge is 0.392 e. The van der Waals surface area contributed by atoms with Gasteiger partial charge in [0.05, 0.1) is 6.10 Å². The molecule has 0 saturated heterocycles. The van der Waals surface area contributed by atoms with Crippen LogP contribution in [0.3, 0.4) is 0 Å². The Morgan fingerprint density at radius 3 is 2.29 bits per heavy atom. The van der Waals surface area contributed by atoms with Crippen LogP contribution in [0.15, 0.2) is 54.6 Å². The minimum Gasteiger partial charge on any atom is -0.392 e. The summed E-state index contributed by atoms with van der Waals surface area (Å²) in [6.45, 7) is 0.439. The molecule has 2 atom stereocenters. The molecule has 0 fully saturated rings. The summed E-state index contributed by atoms with van der Waals surface area (Å²) in [5.41, 5.74) is 8.19. The molecule has 0 aliphatic carbocycles. The average Bonchev–Trinajstić information content (AvgIpc) is 2.51. The first kappa shape index (κ1) is 16.0. The molecule has 2 rings (SSSR count). The Hall–Kier alpha value is -1.35. The molecule has 0 bridgehead atoms. The zero-order valence-electron chi connectivity index (χ0n) is 12.1. The van der Waals surface area contributed by atoms with Gasteiger partial charge >= 0.3 is 0 Å². The number of aliphatic hydroxyl groups is 1. The minimum atomic E-state index is -0.417. The molecule has 2 aromatic carbocycles. The first-order valence-electron chi connectivity index (χ1n) is 7.38. The standard InChI is InChI=1S/C18H22ClNO/c19-16-11-9-15(10-12-16)17(13-20)18(21)8-4-7-14-5-2-1-3-6-14/h1-3,5-6,9-12,17-18,21H,4,7-8,13,20H2. The van der Waals surface area contributed by atoms with E-state index in [1.54, 1.807) is 0 Å². The van der Waals surface area contributed by atoms with Gasteiger partial charge in [0.2, 0.25) is 0 Å². The average molecular weight is 304 g/mol. The lowest BCUT2D eigenvalue weighted by atomic mass is 9.90. The number of aryl methyl sites for hydroxylation is 1. The second-order valence-electron chi connectivity index (χ2n) is 5.34. The van der Waals surface area contributed by atoms with Gasteiger partial charge < -0.3 is 10.8 Å². The summed E-state index contributed by atoms with van der Waals surface area (Å²) in [5.74, 6) is -0.0296. The van der Waals surface area contributed by atoms with Crippen molar-refractivity contribution < 1.29 is 5.11 Å². The molecule has 112 valence electrons. The summed E-state index contributed by atoms with van der Waals surface area (Å²) in [6, 6.07) is 17.9. The van der Waals surface area contributed by atoms with Crippen molar-refractivity contribution in [3.05, 3.63) is 70.7 Å². The number of nitrogens with two attached hydrogens (primary N) is 1. The van der Waals surface area contributed by atoms with Gasteiger partial charge in [-0.3, -0.25) is 0 Å². The third kappa shape index (κ3) is 4.85. The highest BCUT2D eigenvalue weighted by Gasteiger charge is 2.19. The van der Waals surface area contributed by atoms with Crippen molar-refractivity contribution in [3.63, 3.8) is 0 Å². The highest BCUT2D eigenvalue weighted by molar-refractivity contribution is 6.30. The van der Waals surface area contributed by atoms with Gasteiger partial charge in [-0.2, -0.15) is 0 Å². The maximum absolute atomic E-state index is 10.4. The van der Waals surface area contributed by atoms with Crippen molar-refractivity contribution in [2.24, 2.45) is 5.73 Å². The van der Waals surface area contributed by atoms with E-state index in [2.05, 4.69) is 12.1 Å². The van der Waals surface area contributed by atoms with Crippen molar-refractivity contribution in [3.8, 4) is 0 Å². The topological polar surface area (TPSA) is 46.2 Å². The van der Waals surface area contributed by atoms with Crippen LogP contribution >= 0.6 is 11.6 Å². The fraction of sp³-hybridized carbons (Fsp3) is 0.333. The molecular weight excluding hydrogens is 282 g/mol. The second-order valence-corrected chi connectivity index (χ2v) is 5.78. The second kappa shape index (κ2) is 8.18. The molecule has 3 N–H and O–H groups in total. The van der Waals surface area contributed by atoms with Crippen molar-refractivity contribution in [2.45, 2.75) is 31.3 Å².